The molecule has 1 fully saturated rings. The van der Waals surface area contributed by atoms with E-state index in [0.717, 1.165) is 12.0 Å². The SMILES string of the molecule is O=S(=O)(NCCC1OCCc2ccccc21)N1CC[C@@H](O)C1. The zero-order valence-electron chi connectivity index (χ0n) is 12.4. The van der Waals surface area contributed by atoms with Gasteiger partial charge in [0.05, 0.1) is 18.8 Å². The fourth-order valence-electron chi connectivity index (χ4n) is 3.05. The van der Waals surface area contributed by atoms with E-state index in [4.69, 9.17) is 4.74 Å². The van der Waals surface area contributed by atoms with Crippen LogP contribution in [0.25, 0.3) is 0 Å². The number of aliphatic hydroxyl groups excluding tert-OH is 1. The maximum absolute atomic E-state index is 12.1. The molecule has 22 heavy (non-hydrogen) atoms. The Bertz CT molecular complexity index is 620. The van der Waals surface area contributed by atoms with E-state index in [1.54, 1.807) is 0 Å². The maximum Gasteiger partial charge on any atom is 0.279 e. The molecule has 2 heterocycles. The summed E-state index contributed by atoms with van der Waals surface area (Å²) in [5, 5.41) is 9.45. The molecule has 0 spiro atoms. The molecule has 0 amide bonds. The van der Waals surface area contributed by atoms with Gasteiger partial charge in [0.25, 0.3) is 10.2 Å². The fraction of sp³-hybridized carbons (Fsp3) is 0.600. The molecule has 2 N–H and O–H groups in total. The average Bonchev–Trinajstić information content (AvgIpc) is 2.95. The summed E-state index contributed by atoms with van der Waals surface area (Å²) in [7, 11) is -3.50. The fourth-order valence-corrected chi connectivity index (χ4v) is 4.33. The van der Waals surface area contributed by atoms with Crippen molar-refractivity contribution in [1.29, 1.82) is 0 Å². The van der Waals surface area contributed by atoms with Crippen LogP contribution in [0.3, 0.4) is 0 Å². The lowest BCUT2D eigenvalue weighted by Crippen LogP contribution is -2.40. The van der Waals surface area contributed by atoms with Crippen LogP contribution in [0.5, 0.6) is 0 Å². The van der Waals surface area contributed by atoms with Crippen LogP contribution in [-0.4, -0.2) is 50.2 Å². The van der Waals surface area contributed by atoms with Crippen LogP contribution < -0.4 is 4.72 Å². The molecule has 0 aromatic heterocycles. The molecule has 0 bridgehead atoms. The quantitative estimate of drug-likeness (QED) is 0.830. The Labute approximate surface area is 131 Å². The smallest absolute Gasteiger partial charge is 0.279 e. The topological polar surface area (TPSA) is 78.9 Å². The van der Waals surface area contributed by atoms with Crippen LogP contribution in [-0.2, 0) is 21.4 Å². The van der Waals surface area contributed by atoms with Crippen molar-refractivity contribution in [3.8, 4) is 0 Å². The van der Waals surface area contributed by atoms with Gasteiger partial charge in [-0.1, -0.05) is 24.3 Å². The zero-order chi connectivity index (χ0) is 15.6. The van der Waals surface area contributed by atoms with Crippen LogP contribution in [0.1, 0.15) is 30.1 Å². The molecule has 3 rings (SSSR count). The summed E-state index contributed by atoms with van der Waals surface area (Å²) in [6, 6.07) is 8.14. The van der Waals surface area contributed by atoms with E-state index in [1.165, 1.54) is 9.87 Å². The van der Waals surface area contributed by atoms with Crippen molar-refractivity contribution in [2.24, 2.45) is 0 Å². The van der Waals surface area contributed by atoms with Crippen LogP contribution in [0.15, 0.2) is 24.3 Å². The molecule has 122 valence electrons. The third kappa shape index (κ3) is 3.49. The molecule has 1 saturated heterocycles. The summed E-state index contributed by atoms with van der Waals surface area (Å²) in [5.41, 5.74) is 2.44. The van der Waals surface area contributed by atoms with Crippen molar-refractivity contribution in [2.45, 2.75) is 31.5 Å². The Morgan fingerprint density at radius 3 is 2.95 bits per heavy atom. The summed E-state index contributed by atoms with van der Waals surface area (Å²) < 4.78 is 33.9. The summed E-state index contributed by atoms with van der Waals surface area (Å²) in [6.45, 7) is 1.55. The molecule has 2 aliphatic rings. The lowest BCUT2D eigenvalue weighted by Gasteiger charge is -2.26. The van der Waals surface area contributed by atoms with Gasteiger partial charge in [0, 0.05) is 19.6 Å². The molecule has 2 atom stereocenters. The molecule has 7 heteroatoms. The number of rotatable bonds is 5. The van der Waals surface area contributed by atoms with E-state index in [0.29, 0.717) is 32.5 Å². The average molecular weight is 326 g/mol. The number of hydrogen-bond acceptors (Lipinski definition) is 4. The number of nitrogens with zero attached hydrogens (tertiary/aromatic N) is 1. The second kappa shape index (κ2) is 6.64. The Hall–Kier alpha value is -0.990. The van der Waals surface area contributed by atoms with Gasteiger partial charge in [0.2, 0.25) is 0 Å². The van der Waals surface area contributed by atoms with Crippen molar-refractivity contribution in [2.75, 3.05) is 26.2 Å². The standard InChI is InChI=1S/C15H22N2O4S/c18-13-6-9-17(11-13)22(19,20)16-8-5-15-14-4-2-1-3-12(14)7-10-21-15/h1-4,13,15-16,18H,5-11H2/t13-,15?/m1/s1. The third-order valence-electron chi connectivity index (χ3n) is 4.25. The maximum atomic E-state index is 12.1. The van der Waals surface area contributed by atoms with E-state index in [2.05, 4.69) is 10.8 Å². The molecule has 1 aromatic rings. The van der Waals surface area contributed by atoms with Gasteiger partial charge >= 0.3 is 0 Å². The van der Waals surface area contributed by atoms with Gasteiger partial charge < -0.3 is 9.84 Å². The Morgan fingerprint density at radius 2 is 2.18 bits per heavy atom. The predicted molar refractivity (Wildman–Crippen MR) is 82.6 cm³/mol. The van der Waals surface area contributed by atoms with Gasteiger partial charge in [-0.3, -0.25) is 0 Å². The van der Waals surface area contributed by atoms with Gasteiger partial charge in [-0.25, -0.2) is 4.72 Å². The minimum Gasteiger partial charge on any atom is -0.392 e. The highest BCUT2D eigenvalue weighted by molar-refractivity contribution is 7.87. The number of nitrogens with one attached hydrogen (secondary N) is 1. The van der Waals surface area contributed by atoms with Gasteiger partial charge in [0.15, 0.2) is 0 Å². The Balaban J connectivity index is 1.56. The second-order valence-electron chi connectivity index (χ2n) is 5.80. The number of hydrogen-bond donors (Lipinski definition) is 2. The summed E-state index contributed by atoms with van der Waals surface area (Å²) in [4.78, 5) is 0. The minimum atomic E-state index is -3.50. The first-order chi connectivity index (χ1) is 10.6. The lowest BCUT2D eigenvalue weighted by molar-refractivity contribution is 0.0376. The van der Waals surface area contributed by atoms with E-state index in [-0.39, 0.29) is 12.6 Å². The van der Waals surface area contributed by atoms with Gasteiger partial charge in [-0.05, 0) is 30.4 Å². The van der Waals surface area contributed by atoms with Crippen molar-refractivity contribution in [3.05, 3.63) is 35.4 Å². The van der Waals surface area contributed by atoms with Gasteiger partial charge in [-0.2, -0.15) is 12.7 Å². The van der Waals surface area contributed by atoms with E-state index in [1.807, 2.05) is 18.2 Å². The highest BCUT2D eigenvalue weighted by atomic mass is 32.2. The zero-order valence-corrected chi connectivity index (χ0v) is 13.3. The number of aliphatic hydroxyl groups is 1. The molecule has 0 saturated carbocycles. The van der Waals surface area contributed by atoms with E-state index < -0.39 is 16.3 Å². The molecule has 6 nitrogen and oxygen atoms in total. The Kier molecular flexibility index (Phi) is 4.79. The first-order valence-electron chi connectivity index (χ1n) is 7.68. The predicted octanol–water partition coefficient (Wildman–Crippen LogP) is 0.591. The van der Waals surface area contributed by atoms with Crippen molar-refractivity contribution >= 4 is 10.2 Å². The van der Waals surface area contributed by atoms with Gasteiger partial charge in [0.1, 0.15) is 0 Å². The second-order valence-corrected chi connectivity index (χ2v) is 7.55. The monoisotopic (exact) mass is 326 g/mol. The number of fused-ring (bicyclic) bond motifs is 1. The lowest BCUT2D eigenvalue weighted by atomic mass is 9.96. The summed E-state index contributed by atoms with van der Waals surface area (Å²) in [6.07, 6.45) is 1.40. The molecular formula is C15H22N2O4S. The first kappa shape index (κ1) is 15.9. The first-order valence-corrected chi connectivity index (χ1v) is 9.12. The van der Waals surface area contributed by atoms with Crippen molar-refractivity contribution < 1.29 is 18.3 Å². The number of benzene rings is 1. The molecule has 1 unspecified atom stereocenters. The van der Waals surface area contributed by atoms with Crippen molar-refractivity contribution in [1.82, 2.24) is 9.03 Å². The highest BCUT2D eigenvalue weighted by Gasteiger charge is 2.30. The van der Waals surface area contributed by atoms with Crippen LogP contribution in [0.2, 0.25) is 0 Å². The van der Waals surface area contributed by atoms with E-state index in [9.17, 15) is 13.5 Å². The normalized spacial score (nSPS) is 26.0. The largest absolute Gasteiger partial charge is 0.392 e. The molecule has 1 aromatic carbocycles. The summed E-state index contributed by atoms with van der Waals surface area (Å²) >= 11 is 0. The number of β-amino-alcohol motifs (C(OH)–C–C–N with tert-alkyl or cyclic N) is 1. The highest BCUT2D eigenvalue weighted by Crippen LogP contribution is 2.29. The molecular weight excluding hydrogens is 304 g/mol. The van der Waals surface area contributed by atoms with E-state index >= 15 is 0 Å². The molecule has 0 aliphatic carbocycles. The summed E-state index contributed by atoms with van der Waals surface area (Å²) in [5.74, 6) is 0. The van der Waals surface area contributed by atoms with Crippen LogP contribution in [0.4, 0.5) is 0 Å². The van der Waals surface area contributed by atoms with Gasteiger partial charge in [-0.15, -0.1) is 0 Å². The van der Waals surface area contributed by atoms with Crippen molar-refractivity contribution in [3.63, 3.8) is 0 Å². The van der Waals surface area contributed by atoms with Crippen LogP contribution >= 0.6 is 0 Å². The number of ether oxygens (including phenoxy) is 1. The van der Waals surface area contributed by atoms with Crippen LogP contribution in [0, 0.1) is 0 Å². The minimum absolute atomic E-state index is 0.0585. The molecule has 0 radical (unpaired) electrons. The molecule has 2 aliphatic heterocycles. The Morgan fingerprint density at radius 1 is 1.36 bits per heavy atom. The third-order valence-corrected chi connectivity index (χ3v) is 5.83.